The number of nitrogens with two attached hydrogens (primary N) is 1. The summed E-state index contributed by atoms with van der Waals surface area (Å²) in [4.78, 5) is 24.5. The largest absolute Gasteiger partial charge is 0.369 e. The summed E-state index contributed by atoms with van der Waals surface area (Å²) in [5.74, 6) is -0.989. The summed E-state index contributed by atoms with van der Waals surface area (Å²) < 4.78 is 0. The fourth-order valence-corrected chi connectivity index (χ4v) is 2.40. The third-order valence-corrected chi connectivity index (χ3v) is 3.39. The number of allylic oxidation sites excluding steroid dienone is 2. The van der Waals surface area contributed by atoms with Crippen molar-refractivity contribution in [2.45, 2.75) is 61.3 Å². The maximum atomic E-state index is 12.7. The van der Waals surface area contributed by atoms with Gasteiger partial charge in [0.25, 0.3) is 0 Å². The normalized spacial score (nSPS) is 16.1. The number of hydrogen-bond acceptors (Lipinski definition) is 2. The maximum Gasteiger partial charge on any atom is 0.221 e. The van der Waals surface area contributed by atoms with Crippen LogP contribution in [0.15, 0.2) is 12.2 Å². The molecule has 0 rings (SSSR count). The van der Waals surface area contributed by atoms with E-state index in [0.29, 0.717) is 12.8 Å². The van der Waals surface area contributed by atoms with Gasteiger partial charge in [-0.25, -0.2) is 0 Å². The molecule has 3 heteroatoms. The third kappa shape index (κ3) is 6.36. The minimum absolute atomic E-state index is 0.0186. The Morgan fingerprint density at radius 3 is 1.85 bits per heavy atom. The van der Waals surface area contributed by atoms with Crippen molar-refractivity contribution in [2.24, 2.45) is 28.4 Å². The molecule has 0 aliphatic heterocycles. The molecular formula is C17H31NO2. The smallest absolute Gasteiger partial charge is 0.221 e. The summed E-state index contributed by atoms with van der Waals surface area (Å²) in [7, 11) is 0. The van der Waals surface area contributed by atoms with Gasteiger partial charge in [0.1, 0.15) is 5.78 Å². The Hall–Kier alpha value is -1.12. The highest BCUT2D eigenvalue weighted by molar-refractivity contribution is 5.91. The molecule has 2 atom stereocenters. The van der Waals surface area contributed by atoms with Crippen LogP contribution in [0.4, 0.5) is 0 Å². The van der Waals surface area contributed by atoms with Crippen LogP contribution in [0.3, 0.4) is 0 Å². The van der Waals surface area contributed by atoms with Gasteiger partial charge in [-0.3, -0.25) is 9.59 Å². The predicted octanol–water partition coefficient (Wildman–Crippen LogP) is 3.72. The first-order valence-corrected chi connectivity index (χ1v) is 7.35. The molecule has 0 fully saturated rings. The van der Waals surface area contributed by atoms with E-state index in [4.69, 9.17) is 5.73 Å². The standard InChI is InChI=1S/C17H31NO2/c1-8-9-10-12(15(18)20)13(11-16(2,3)4)14(19)17(5,6)7/h8-9,12-13H,10-11H2,1-7H3,(H2,18,20)/b9-8+/t12-,13+/m0/s1. The first-order chi connectivity index (χ1) is 8.90. The van der Waals surface area contributed by atoms with E-state index in [1.54, 1.807) is 0 Å². The quantitative estimate of drug-likeness (QED) is 0.754. The summed E-state index contributed by atoms with van der Waals surface area (Å²) in [6, 6.07) is 0. The average molecular weight is 281 g/mol. The van der Waals surface area contributed by atoms with E-state index < -0.39 is 11.3 Å². The van der Waals surface area contributed by atoms with Crippen LogP contribution >= 0.6 is 0 Å². The van der Waals surface area contributed by atoms with Gasteiger partial charge in [-0.1, -0.05) is 53.7 Å². The van der Waals surface area contributed by atoms with E-state index >= 15 is 0 Å². The van der Waals surface area contributed by atoms with Gasteiger partial charge in [-0.05, 0) is 25.2 Å². The van der Waals surface area contributed by atoms with Crippen molar-refractivity contribution in [3.63, 3.8) is 0 Å². The lowest BCUT2D eigenvalue weighted by Gasteiger charge is -2.33. The molecule has 0 bridgehead atoms. The molecule has 2 N–H and O–H groups in total. The zero-order chi connectivity index (χ0) is 16.1. The van der Waals surface area contributed by atoms with Crippen molar-refractivity contribution in [3.05, 3.63) is 12.2 Å². The fourth-order valence-electron chi connectivity index (χ4n) is 2.40. The summed E-state index contributed by atoms with van der Waals surface area (Å²) in [6.45, 7) is 13.9. The van der Waals surface area contributed by atoms with Crippen molar-refractivity contribution >= 4 is 11.7 Å². The highest BCUT2D eigenvalue weighted by Gasteiger charge is 2.39. The van der Waals surface area contributed by atoms with Gasteiger partial charge in [-0.2, -0.15) is 0 Å². The third-order valence-electron chi connectivity index (χ3n) is 3.39. The van der Waals surface area contributed by atoms with Crippen LogP contribution in [-0.4, -0.2) is 11.7 Å². The van der Waals surface area contributed by atoms with Crippen molar-refractivity contribution in [2.75, 3.05) is 0 Å². The van der Waals surface area contributed by atoms with E-state index in [-0.39, 0.29) is 23.0 Å². The van der Waals surface area contributed by atoms with E-state index in [1.807, 2.05) is 39.8 Å². The topological polar surface area (TPSA) is 60.2 Å². The SMILES string of the molecule is C/C=C/C[C@H](C(N)=O)[C@@H](CC(C)(C)C)C(=O)C(C)(C)C. The number of amides is 1. The highest BCUT2D eigenvalue weighted by atomic mass is 16.1. The molecule has 0 heterocycles. The van der Waals surface area contributed by atoms with Crippen LogP contribution < -0.4 is 5.73 Å². The summed E-state index contributed by atoms with van der Waals surface area (Å²) in [6.07, 6.45) is 5.02. The lowest BCUT2D eigenvalue weighted by molar-refractivity contribution is -0.138. The van der Waals surface area contributed by atoms with Crippen LogP contribution in [-0.2, 0) is 9.59 Å². The molecular weight excluding hydrogens is 250 g/mol. The maximum absolute atomic E-state index is 12.7. The Labute approximate surface area is 124 Å². The molecule has 0 radical (unpaired) electrons. The van der Waals surface area contributed by atoms with E-state index in [1.165, 1.54) is 0 Å². The molecule has 3 nitrogen and oxygen atoms in total. The van der Waals surface area contributed by atoms with Crippen molar-refractivity contribution in [3.8, 4) is 0 Å². The highest BCUT2D eigenvalue weighted by Crippen LogP contribution is 2.36. The molecule has 0 saturated carbocycles. The molecule has 0 aromatic rings. The first kappa shape index (κ1) is 18.9. The Morgan fingerprint density at radius 1 is 1.05 bits per heavy atom. The summed E-state index contributed by atoms with van der Waals surface area (Å²) >= 11 is 0. The molecule has 0 saturated heterocycles. The van der Waals surface area contributed by atoms with E-state index in [2.05, 4.69) is 20.8 Å². The average Bonchev–Trinajstić information content (AvgIpc) is 2.23. The van der Waals surface area contributed by atoms with Gasteiger partial charge >= 0.3 is 0 Å². The van der Waals surface area contributed by atoms with Gasteiger partial charge in [0.05, 0.1) is 5.92 Å². The minimum atomic E-state index is -0.459. The number of Topliss-reactive ketones (excluding diaryl/α,β-unsaturated/α-hetero) is 1. The van der Waals surface area contributed by atoms with Gasteiger partial charge in [0, 0.05) is 11.3 Å². The van der Waals surface area contributed by atoms with Crippen LogP contribution in [0.5, 0.6) is 0 Å². The molecule has 0 spiro atoms. The van der Waals surface area contributed by atoms with Gasteiger partial charge < -0.3 is 5.73 Å². The Kier molecular flexibility index (Phi) is 6.66. The molecule has 0 aliphatic rings. The Bertz CT molecular complexity index is 369. The van der Waals surface area contributed by atoms with Gasteiger partial charge in [-0.15, -0.1) is 0 Å². The van der Waals surface area contributed by atoms with E-state index in [0.717, 1.165) is 0 Å². The van der Waals surface area contributed by atoms with Crippen LogP contribution in [0.2, 0.25) is 0 Å². The first-order valence-electron chi connectivity index (χ1n) is 7.35. The van der Waals surface area contributed by atoms with Crippen LogP contribution in [0.1, 0.15) is 61.3 Å². The van der Waals surface area contributed by atoms with Gasteiger partial charge in [0.2, 0.25) is 5.91 Å². The number of carbonyl (C=O) groups is 2. The predicted molar refractivity (Wildman–Crippen MR) is 84.1 cm³/mol. The van der Waals surface area contributed by atoms with Crippen molar-refractivity contribution in [1.82, 2.24) is 0 Å². The molecule has 0 unspecified atom stereocenters. The molecule has 0 aromatic carbocycles. The Morgan fingerprint density at radius 2 is 1.55 bits per heavy atom. The lowest BCUT2D eigenvalue weighted by atomic mass is 9.69. The monoisotopic (exact) mass is 281 g/mol. The Balaban J connectivity index is 5.46. The lowest BCUT2D eigenvalue weighted by Crippen LogP contribution is -2.40. The fraction of sp³-hybridized carbons (Fsp3) is 0.765. The van der Waals surface area contributed by atoms with Gasteiger partial charge in [0.15, 0.2) is 0 Å². The number of carbonyl (C=O) groups excluding carboxylic acids is 2. The second-order valence-electron chi connectivity index (χ2n) is 7.80. The van der Waals surface area contributed by atoms with Crippen molar-refractivity contribution < 1.29 is 9.59 Å². The van der Waals surface area contributed by atoms with Crippen molar-refractivity contribution in [1.29, 1.82) is 0 Å². The second-order valence-corrected chi connectivity index (χ2v) is 7.80. The molecule has 116 valence electrons. The van der Waals surface area contributed by atoms with Crippen LogP contribution in [0.25, 0.3) is 0 Å². The summed E-state index contributed by atoms with van der Waals surface area (Å²) in [5, 5.41) is 0. The zero-order valence-corrected chi connectivity index (χ0v) is 14.1. The summed E-state index contributed by atoms with van der Waals surface area (Å²) in [5.41, 5.74) is 5.08. The number of rotatable bonds is 6. The zero-order valence-electron chi connectivity index (χ0n) is 14.1. The minimum Gasteiger partial charge on any atom is -0.369 e. The van der Waals surface area contributed by atoms with E-state index in [9.17, 15) is 9.59 Å². The molecule has 0 aromatic heterocycles. The molecule has 0 aliphatic carbocycles. The molecule has 1 amide bonds. The number of primary amides is 1. The number of ketones is 1. The van der Waals surface area contributed by atoms with Crippen LogP contribution in [0, 0.1) is 22.7 Å². The second kappa shape index (κ2) is 7.05. The number of hydrogen-bond donors (Lipinski definition) is 1. The molecule has 20 heavy (non-hydrogen) atoms.